The first-order valence-electron chi connectivity index (χ1n) is 29.1. The highest BCUT2D eigenvalue weighted by Crippen LogP contribution is 2.64. The molecule has 3 atom stereocenters. The van der Waals surface area contributed by atoms with Crippen LogP contribution in [-0.4, -0.2) is 12.3 Å². The van der Waals surface area contributed by atoms with Gasteiger partial charge < -0.3 is 14.7 Å². The summed E-state index contributed by atoms with van der Waals surface area (Å²) < 4.78 is 2.69. The molecule has 15 rings (SSSR count). The quantitative estimate of drug-likeness (QED) is 0.152. The Morgan fingerprint density at radius 2 is 1.09 bits per heavy atom. The van der Waals surface area contributed by atoms with Crippen molar-refractivity contribution in [2.45, 2.75) is 186 Å². The molecule has 384 valence electrons. The predicted octanol–water partition coefficient (Wildman–Crippen LogP) is 17.8. The molecule has 0 amide bonds. The summed E-state index contributed by atoms with van der Waals surface area (Å²) in [6.45, 7) is 35.2. The number of thiophene rings is 1. The Bertz CT molecular complexity index is 3920. The molecule has 1 aromatic heterocycles. The van der Waals surface area contributed by atoms with Gasteiger partial charge in [0.15, 0.2) is 0 Å². The Morgan fingerprint density at radius 3 is 1.84 bits per heavy atom. The number of aryl methyl sites for hydroxylation is 2. The topological polar surface area (TPSA) is 9.72 Å². The zero-order valence-electron chi connectivity index (χ0n) is 47.9. The smallest absolute Gasteiger partial charge is 0.252 e. The van der Waals surface area contributed by atoms with Crippen LogP contribution in [-0.2, 0) is 32.5 Å². The van der Waals surface area contributed by atoms with Gasteiger partial charge in [0.25, 0.3) is 6.71 Å². The van der Waals surface area contributed by atoms with Crippen molar-refractivity contribution >= 4 is 100 Å². The average molecular weight is 1010 g/mol. The Morgan fingerprint density at radius 1 is 0.474 bits per heavy atom. The second kappa shape index (κ2) is 14.9. The Labute approximate surface area is 457 Å². The summed E-state index contributed by atoms with van der Waals surface area (Å²) in [6, 6.07) is 45.5. The van der Waals surface area contributed by atoms with Crippen molar-refractivity contribution in [2.24, 2.45) is 0 Å². The zero-order chi connectivity index (χ0) is 52.8. The van der Waals surface area contributed by atoms with Crippen LogP contribution in [0.1, 0.15) is 185 Å². The Kier molecular flexibility index (Phi) is 9.28. The lowest BCUT2D eigenvalue weighted by atomic mass is 9.33. The number of anilines is 8. The zero-order valence-corrected chi connectivity index (χ0v) is 48.7. The summed E-state index contributed by atoms with van der Waals surface area (Å²) in [5.41, 5.74) is 28.0. The Hall–Kier alpha value is -5.78. The molecule has 7 aromatic carbocycles. The molecule has 5 heterocycles. The number of hydrogen-bond acceptors (Lipinski definition) is 4. The molecule has 0 N–H and O–H groups in total. The highest BCUT2D eigenvalue weighted by Gasteiger charge is 2.59. The van der Waals surface area contributed by atoms with E-state index < -0.39 is 0 Å². The molecule has 5 heteroatoms. The van der Waals surface area contributed by atoms with Gasteiger partial charge in [-0.15, -0.1) is 11.3 Å². The standard InChI is InChI=1S/C71H76BN3S/c1-41-31-60-64-61(32-41)74-56-39-52-48(33-42(56)2)68(10,11)29-30-69(52,12)51-40-57-53(36-47(51)65(3,4)5)70(13)25-17-18-26-71(70,14)75(57)44-22-24-54(58(74)34-44)72(64)55-37-49-50(67(8,9)28-27-66(49,6)7)38-59(55)73(60)43-21-23-46-45-19-15-16-20-62(45)76-63(46)35-43/h15-16,19-24,31-40H,17-18,25-30H2,1-14H3. The molecule has 3 aliphatic carbocycles. The van der Waals surface area contributed by atoms with E-state index in [-0.39, 0.29) is 44.7 Å². The van der Waals surface area contributed by atoms with Gasteiger partial charge in [-0.25, -0.2) is 0 Å². The summed E-state index contributed by atoms with van der Waals surface area (Å²) in [4.78, 5) is 8.38. The van der Waals surface area contributed by atoms with Crippen LogP contribution in [0.25, 0.3) is 20.2 Å². The van der Waals surface area contributed by atoms with E-state index in [2.05, 4.69) is 221 Å². The SMILES string of the molecule is Cc1cc2c3c(c1)N1c4cc5c(cc4C)C(C)(C)CCC5(C)c4cc5c(cc4C(C)(C)C)C4(C)CCCCC4(C)N5c4ccc(c1c4)B3c1cc3c(cc1N2c1ccc2c(c1)sc1ccccc12)C(C)(C)CCC3(C)C. The van der Waals surface area contributed by atoms with Crippen molar-refractivity contribution < 1.29 is 0 Å². The van der Waals surface area contributed by atoms with Crippen molar-refractivity contribution in [2.75, 3.05) is 14.7 Å². The number of fused-ring (bicyclic) bond motifs is 17. The first-order chi connectivity index (χ1) is 35.9. The van der Waals surface area contributed by atoms with E-state index in [1.807, 2.05) is 11.3 Å². The van der Waals surface area contributed by atoms with Gasteiger partial charge in [0, 0.05) is 76.5 Å². The average Bonchev–Trinajstić information content (AvgIpc) is 3.94. The number of rotatable bonds is 1. The first kappa shape index (κ1) is 47.4. The summed E-state index contributed by atoms with van der Waals surface area (Å²) in [7, 11) is 0. The fourth-order valence-corrected chi connectivity index (χ4v) is 18.2. The predicted molar refractivity (Wildman–Crippen MR) is 328 cm³/mol. The molecular weight excluding hydrogens is 938 g/mol. The number of benzene rings is 7. The van der Waals surface area contributed by atoms with E-state index in [9.17, 15) is 0 Å². The third-order valence-electron chi connectivity index (χ3n) is 21.8. The van der Waals surface area contributed by atoms with Gasteiger partial charge in [-0.3, -0.25) is 0 Å². The largest absolute Gasteiger partial charge is 0.334 e. The molecule has 0 spiro atoms. The van der Waals surface area contributed by atoms with Crippen LogP contribution >= 0.6 is 11.3 Å². The van der Waals surface area contributed by atoms with Gasteiger partial charge >= 0.3 is 0 Å². The molecule has 1 fully saturated rings. The fourth-order valence-electron chi connectivity index (χ4n) is 17.0. The lowest BCUT2D eigenvalue weighted by molar-refractivity contribution is 0.195. The van der Waals surface area contributed by atoms with E-state index in [0.717, 1.165) is 12.8 Å². The maximum absolute atomic E-state index is 2.90. The molecule has 76 heavy (non-hydrogen) atoms. The first-order valence-corrected chi connectivity index (χ1v) is 29.9. The lowest BCUT2D eigenvalue weighted by Crippen LogP contribution is -2.62. The summed E-state index contributed by atoms with van der Waals surface area (Å²) in [5, 5.41) is 2.69. The maximum Gasteiger partial charge on any atom is 0.252 e. The molecule has 8 aromatic rings. The molecule has 1 saturated carbocycles. The second-order valence-corrected chi connectivity index (χ2v) is 29.9. The van der Waals surface area contributed by atoms with E-state index in [1.165, 1.54) is 165 Å². The number of hydrogen-bond donors (Lipinski definition) is 0. The fraction of sp³-hybridized carbons (Fsp3) is 0.408. The van der Waals surface area contributed by atoms with Crippen LogP contribution in [0.15, 0.2) is 109 Å². The highest BCUT2D eigenvalue weighted by molar-refractivity contribution is 7.25. The summed E-state index contributed by atoms with van der Waals surface area (Å²) >= 11 is 1.93. The third kappa shape index (κ3) is 5.97. The van der Waals surface area contributed by atoms with Crippen LogP contribution in [0, 0.1) is 13.8 Å². The minimum atomic E-state index is -0.201. The molecule has 4 aliphatic heterocycles. The van der Waals surface area contributed by atoms with E-state index in [1.54, 1.807) is 5.56 Å². The molecule has 3 unspecified atom stereocenters. The third-order valence-corrected chi connectivity index (χ3v) is 23.0. The molecule has 7 aliphatic rings. The molecule has 6 bridgehead atoms. The van der Waals surface area contributed by atoms with Crippen LogP contribution in [0.2, 0.25) is 0 Å². The molecular formula is C71H76BN3S. The molecule has 0 radical (unpaired) electrons. The van der Waals surface area contributed by atoms with Crippen LogP contribution in [0.3, 0.4) is 0 Å². The van der Waals surface area contributed by atoms with E-state index in [4.69, 9.17) is 0 Å². The van der Waals surface area contributed by atoms with Gasteiger partial charge in [-0.2, -0.15) is 0 Å². The van der Waals surface area contributed by atoms with Crippen molar-refractivity contribution in [1.29, 1.82) is 0 Å². The molecule has 3 nitrogen and oxygen atoms in total. The van der Waals surface area contributed by atoms with Crippen molar-refractivity contribution in [3.63, 3.8) is 0 Å². The van der Waals surface area contributed by atoms with Crippen molar-refractivity contribution in [1.82, 2.24) is 0 Å². The van der Waals surface area contributed by atoms with Crippen molar-refractivity contribution in [3.8, 4) is 0 Å². The second-order valence-electron chi connectivity index (χ2n) is 28.8. The van der Waals surface area contributed by atoms with Gasteiger partial charge in [-0.05, 0) is 208 Å². The van der Waals surface area contributed by atoms with E-state index in [0.29, 0.717) is 0 Å². The minimum absolute atomic E-state index is 0.00654. The van der Waals surface area contributed by atoms with Crippen LogP contribution < -0.4 is 31.1 Å². The maximum atomic E-state index is 2.90. The van der Waals surface area contributed by atoms with Gasteiger partial charge in [0.1, 0.15) is 0 Å². The normalized spacial score (nSPS) is 24.7. The van der Waals surface area contributed by atoms with Crippen molar-refractivity contribution in [3.05, 3.63) is 159 Å². The lowest BCUT2D eigenvalue weighted by Gasteiger charge is -2.51. The summed E-state index contributed by atoms with van der Waals surface area (Å²) in [6.07, 6.45) is 9.53. The van der Waals surface area contributed by atoms with Gasteiger partial charge in [0.05, 0.1) is 5.54 Å². The van der Waals surface area contributed by atoms with E-state index >= 15 is 0 Å². The number of nitrogens with zero attached hydrogens (tertiary/aromatic N) is 3. The van der Waals surface area contributed by atoms with Crippen LogP contribution in [0.4, 0.5) is 45.5 Å². The van der Waals surface area contributed by atoms with Crippen LogP contribution in [0.5, 0.6) is 0 Å². The molecule has 0 saturated heterocycles. The Balaban J connectivity index is 1.08. The van der Waals surface area contributed by atoms with Gasteiger partial charge in [-0.1, -0.05) is 138 Å². The minimum Gasteiger partial charge on any atom is -0.334 e. The monoisotopic (exact) mass is 1010 g/mol. The summed E-state index contributed by atoms with van der Waals surface area (Å²) in [5.74, 6) is 0. The highest BCUT2D eigenvalue weighted by atomic mass is 32.1. The van der Waals surface area contributed by atoms with Gasteiger partial charge in [0.2, 0.25) is 0 Å².